The molecule has 0 radical (unpaired) electrons. The third kappa shape index (κ3) is 5.53. The maximum absolute atomic E-state index is 12.5. The second-order valence-electron chi connectivity index (χ2n) is 6.61. The van der Waals surface area contributed by atoms with E-state index in [1.807, 2.05) is 6.92 Å². The van der Waals surface area contributed by atoms with E-state index in [0.29, 0.717) is 12.0 Å². The summed E-state index contributed by atoms with van der Waals surface area (Å²) in [6.45, 7) is 5.24. The molecule has 1 aromatic heterocycles. The highest BCUT2D eigenvalue weighted by molar-refractivity contribution is 5.68. The van der Waals surface area contributed by atoms with Crippen LogP contribution < -0.4 is 11.4 Å². The molecule has 11 nitrogen and oxygen atoms in total. The van der Waals surface area contributed by atoms with Gasteiger partial charge >= 0.3 is 23.6 Å². The van der Waals surface area contributed by atoms with E-state index in [-0.39, 0.29) is 12.4 Å². The predicted molar refractivity (Wildman–Crippen MR) is 98.6 cm³/mol. The molecule has 160 valence electrons. The minimum atomic E-state index is -1.16. The van der Waals surface area contributed by atoms with Crippen molar-refractivity contribution in [1.29, 1.82) is 0 Å². The largest absolute Gasteiger partial charge is 0.463 e. The molecule has 2 heterocycles. The molecular formula is C18H25N3O8. The molecule has 1 saturated heterocycles. The molecule has 0 bridgehead atoms. The lowest BCUT2D eigenvalue weighted by Crippen LogP contribution is -2.42. The number of rotatable bonds is 7. The minimum absolute atomic E-state index is 0.100. The second-order valence-corrected chi connectivity index (χ2v) is 6.61. The standard InChI is InChI=1S/C18H25N3O8/c1-5-6-12-7-21(18(25)20-16(12)19)17-15(28-11(4)24)14(27-10(3)23)13(29-17)8-26-9(2)22/h7,13-15,17H,5-6,8H2,1-4H3,(H2,19,20,25)/t13-,14+,15-,17-/m1/s1. The maximum atomic E-state index is 12.5. The smallest absolute Gasteiger partial charge is 0.351 e. The summed E-state index contributed by atoms with van der Waals surface area (Å²) in [7, 11) is 0. The number of ether oxygens (including phenoxy) is 4. The number of nitrogens with two attached hydrogens (primary N) is 1. The van der Waals surface area contributed by atoms with Gasteiger partial charge in [0, 0.05) is 32.5 Å². The fourth-order valence-electron chi connectivity index (χ4n) is 3.08. The van der Waals surface area contributed by atoms with Crippen LogP contribution in [-0.2, 0) is 39.8 Å². The lowest BCUT2D eigenvalue weighted by atomic mass is 10.1. The van der Waals surface area contributed by atoms with Crippen molar-refractivity contribution < 1.29 is 33.3 Å². The average Bonchev–Trinajstić information content (AvgIpc) is 2.92. The molecule has 0 aliphatic carbocycles. The number of carbonyl (C=O) groups is 3. The van der Waals surface area contributed by atoms with Crippen molar-refractivity contribution in [2.75, 3.05) is 12.3 Å². The molecule has 2 N–H and O–H groups in total. The van der Waals surface area contributed by atoms with Crippen LogP contribution in [-0.4, -0.2) is 52.4 Å². The molecule has 2 rings (SSSR count). The van der Waals surface area contributed by atoms with Crippen LogP contribution in [0, 0.1) is 0 Å². The van der Waals surface area contributed by atoms with Crippen molar-refractivity contribution in [3.8, 4) is 0 Å². The first kappa shape index (κ1) is 22.3. The first-order valence-corrected chi connectivity index (χ1v) is 9.14. The lowest BCUT2D eigenvalue weighted by molar-refractivity contribution is -0.166. The van der Waals surface area contributed by atoms with Crippen molar-refractivity contribution in [3.05, 3.63) is 22.2 Å². The highest BCUT2D eigenvalue weighted by Gasteiger charge is 2.51. The molecular weight excluding hydrogens is 386 g/mol. The molecule has 4 atom stereocenters. The summed E-state index contributed by atoms with van der Waals surface area (Å²) in [5.41, 5.74) is 5.71. The van der Waals surface area contributed by atoms with Gasteiger partial charge in [0.2, 0.25) is 0 Å². The lowest BCUT2D eigenvalue weighted by Gasteiger charge is -2.24. The van der Waals surface area contributed by atoms with Gasteiger partial charge in [0.05, 0.1) is 0 Å². The number of esters is 3. The van der Waals surface area contributed by atoms with Crippen molar-refractivity contribution >= 4 is 23.7 Å². The zero-order valence-corrected chi connectivity index (χ0v) is 16.7. The summed E-state index contributed by atoms with van der Waals surface area (Å²) in [4.78, 5) is 50.7. The molecule has 29 heavy (non-hydrogen) atoms. The Bertz CT molecular complexity index is 837. The SMILES string of the molecule is CCCc1cn([C@@H]2O[C@H](COC(C)=O)[C@H](OC(C)=O)[C@H]2OC(C)=O)c(=O)nc1N. The predicted octanol–water partition coefficient (Wildman–Crippen LogP) is 0.102. The van der Waals surface area contributed by atoms with Crippen LogP contribution in [0.2, 0.25) is 0 Å². The molecule has 0 aromatic carbocycles. The van der Waals surface area contributed by atoms with Gasteiger partial charge < -0.3 is 24.7 Å². The topological polar surface area (TPSA) is 149 Å². The summed E-state index contributed by atoms with van der Waals surface area (Å²) in [6.07, 6.45) is -1.57. The van der Waals surface area contributed by atoms with Crippen molar-refractivity contribution in [2.45, 2.75) is 65.1 Å². The van der Waals surface area contributed by atoms with Crippen LogP contribution in [0.4, 0.5) is 5.82 Å². The van der Waals surface area contributed by atoms with Crippen molar-refractivity contribution in [1.82, 2.24) is 9.55 Å². The van der Waals surface area contributed by atoms with Gasteiger partial charge in [-0.25, -0.2) is 4.79 Å². The zero-order valence-electron chi connectivity index (χ0n) is 16.7. The third-order valence-corrected chi connectivity index (χ3v) is 4.19. The fraction of sp³-hybridized carbons (Fsp3) is 0.611. The van der Waals surface area contributed by atoms with E-state index in [9.17, 15) is 19.2 Å². The molecule has 0 amide bonds. The summed E-state index contributed by atoms with van der Waals surface area (Å²) in [5.74, 6) is -1.79. The van der Waals surface area contributed by atoms with E-state index in [1.54, 1.807) is 0 Å². The number of anilines is 1. The van der Waals surface area contributed by atoms with E-state index >= 15 is 0 Å². The Kier molecular flexibility index (Phi) is 7.32. The summed E-state index contributed by atoms with van der Waals surface area (Å²) >= 11 is 0. The molecule has 1 aromatic rings. The van der Waals surface area contributed by atoms with E-state index < -0.39 is 48.1 Å². The molecule has 1 aliphatic heterocycles. The minimum Gasteiger partial charge on any atom is -0.463 e. The van der Waals surface area contributed by atoms with Crippen molar-refractivity contribution in [3.63, 3.8) is 0 Å². The van der Waals surface area contributed by atoms with E-state index in [2.05, 4.69) is 4.98 Å². The zero-order chi connectivity index (χ0) is 21.7. The highest BCUT2D eigenvalue weighted by atomic mass is 16.7. The quantitative estimate of drug-likeness (QED) is 0.483. The Morgan fingerprint density at radius 2 is 1.76 bits per heavy atom. The first-order chi connectivity index (χ1) is 13.6. The van der Waals surface area contributed by atoms with Crippen LogP contribution in [0.15, 0.2) is 11.0 Å². The number of aromatic nitrogens is 2. The molecule has 1 fully saturated rings. The van der Waals surface area contributed by atoms with Gasteiger partial charge in [0.15, 0.2) is 18.4 Å². The third-order valence-electron chi connectivity index (χ3n) is 4.19. The average molecular weight is 411 g/mol. The molecule has 0 unspecified atom stereocenters. The normalized spacial score (nSPS) is 23.4. The van der Waals surface area contributed by atoms with Crippen LogP contribution in [0.25, 0.3) is 0 Å². The first-order valence-electron chi connectivity index (χ1n) is 9.14. The number of nitrogens with zero attached hydrogens (tertiary/aromatic N) is 2. The van der Waals surface area contributed by atoms with E-state index in [4.69, 9.17) is 24.7 Å². The van der Waals surface area contributed by atoms with Gasteiger partial charge in [0.1, 0.15) is 18.5 Å². The van der Waals surface area contributed by atoms with Gasteiger partial charge in [-0.1, -0.05) is 13.3 Å². The van der Waals surface area contributed by atoms with Crippen molar-refractivity contribution in [2.24, 2.45) is 0 Å². The van der Waals surface area contributed by atoms with Crippen LogP contribution in [0.3, 0.4) is 0 Å². The Balaban J connectivity index is 2.48. The van der Waals surface area contributed by atoms with Gasteiger partial charge in [-0.2, -0.15) is 4.98 Å². The van der Waals surface area contributed by atoms with Crippen LogP contribution in [0.5, 0.6) is 0 Å². The second kappa shape index (κ2) is 9.50. The monoisotopic (exact) mass is 411 g/mol. The molecule has 0 spiro atoms. The summed E-state index contributed by atoms with van der Waals surface area (Å²) in [5, 5.41) is 0. The Morgan fingerprint density at radius 1 is 1.14 bits per heavy atom. The fourth-order valence-corrected chi connectivity index (χ4v) is 3.08. The van der Waals surface area contributed by atoms with Gasteiger partial charge in [-0.3, -0.25) is 19.0 Å². The number of nitrogen functional groups attached to an aromatic ring is 1. The Labute approximate surface area is 167 Å². The van der Waals surface area contributed by atoms with Gasteiger partial charge in [0.25, 0.3) is 0 Å². The summed E-state index contributed by atoms with van der Waals surface area (Å²) < 4.78 is 22.5. The van der Waals surface area contributed by atoms with Crippen LogP contribution in [0.1, 0.15) is 45.9 Å². The number of carbonyl (C=O) groups excluding carboxylic acids is 3. The number of aryl methyl sites for hydroxylation is 1. The molecule has 1 aliphatic rings. The Morgan fingerprint density at radius 3 is 2.31 bits per heavy atom. The van der Waals surface area contributed by atoms with Gasteiger partial charge in [-0.15, -0.1) is 0 Å². The number of hydrogen-bond acceptors (Lipinski definition) is 10. The van der Waals surface area contributed by atoms with Crippen LogP contribution >= 0.6 is 0 Å². The van der Waals surface area contributed by atoms with E-state index in [1.165, 1.54) is 27.0 Å². The molecule has 11 heteroatoms. The summed E-state index contributed by atoms with van der Waals surface area (Å²) in [6, 6.07) is 0. The number of hydrogen-bond donors (Lipinski definition) is 1. The highest BCUT2D eigenvalue weighted by Crippen LogP contribution is 2.34. The molecule has 0 saturated carbocycles. The van der Waals surface area contributed by atoms with Gasteiger partial charge in [-0.05, 0) is 6.42 Å². The Hall–Kier alpha value is -2.95. The maximum Gasteiger partial charge on any atom is 0.351 e. The van der Waals surface area contributed by atoms with E-state index in [0.717, 1.165) is 11.0 Å².